The molecule has 1 aromatic heterocycles. The van der Waals surface area contributed by atoms with Gasteiger partial charge in [0.1, 0.15) is 5.82 Å². The average Bonchev–Trinajstić information content (AvgIpc) is 3.07. The van der Waals surface area contributed by atoms with Crippen LogP contribution in [-0.4, -0.2) is 9.55 Å². The number of nitrogens with zero attached hydrogens (tertiary/aromatic N) is 2. The van der Waals surface area contributed by atoms with Crippen LogP contribution in [0.2, 0.25) is 0 Å². The summed E-state index contributed by atoms with van der Waals surface area (Å²) in [5.41, 5.74) is 8.98. The van der Waals surface area contributed by atoms with Gasteiger partial charge in [-0.3, -0.25) is 0 Å². The third-order valence-electron chi connectivity index (χ3n) is 4.10. The highest BCUT2D eigenvalue weighted by Crippen LogP contribution is 2.42. The number of anilines is 1. The van der Waals surface area contributed by atoms with Gasteiger partial charge in [-0.05, 0) is 43.9 Å². The van der Waals surface area contributed by atoms with E-state index in [1.807, 2.05) is 12.1 Å². The minimum atomic E-state index is 0.0525. The summed E-state index contributed by atoms with van der Waals surface area (Å²) < 4.78 is 2.44. The Morgan fingerprint density at radius 1 is 1.32 bits per heavy atom. The van der Waals surface area contributed by atoms with Crippen LogP contribution in [0.3, 0.4) is 0 Å². The van der Waals surface area contributed by atoms with E-state index < -0.39 is 0 Å². The molecule has 0 saturated heterocycles. The van der Waals surface area contributed by atoms with E-state index in [0.717, 1.165) is 17.1 Å². The minimum Gasteiger partial charge on any atom is -0.399 e. The third-order valence-corrected chi connectivity index (χ3v) is 4.10. The van der Waals surface area contributed by atoms with E-state index in [0.29, 0.717) is 6.04 Å². The van der Waals surface area contributed by atoms with Crippen molar-refractivity contribution in [1.82, 2.24) is 9.55 Å². The lowest BCUT2D eigenvalue weighted by atomic mass is 9.95. The lowest BCUT2D eigenvalue weighted by Gasteiger charge is -2.24. The molecule has 1 aliphatic rings. The smallest absolute Gasteiger partial charge is 0.115 e. The van der Waals surface area contributed by atoms with Crippen molar-refractivity contribution in [2.45, 2.75) is 52.0 Å². The Labute approximate surface area is 114 Å². The second kappa shape index (κ2) is 3.99. The van der Waals surface area contributed by atoms with Crippen molar-refractivity contribution in [3.8, 4) is 0 Å². The molecule has 0 bridgehead atoms. The van der Waals surface area contributed by atoms with Crippen LogP contribution >= 0.6 is 0 Å². The fourth-order valence-corrected chi connectivity index (χ4v) is 2.85. The van der Waals surface area contributed by atoms with E-state index >= 15 is 0 Å². The van der Waals surface area contributed by atoms with E-state index in [4.69, 9.17) is 10.7 Å². The Morgan fingerprint density at radius 2 is 2.00 bits per heavy atom. The average molecular weight is 257 g/mol. The molecule has 19 heavy (non-hydrogen) atoms. The number of fused-ring (bicyclic) bond motifs is 1. The molecule has 1 aliphatic carbocycles. The molecule has 0 aliphatic heterocycles. The van der Waals surface area contributed by atoms with Gasteiger partial charge in [0.15, 0.2) is 0 Å². The molecule has 1 atom stereocenters. The normalized spacial score (nSPS) is 17.9. The molecule has 0 radical (unpaired) electrons. The van der Waals surface area contributed by atoms with Crippen LogP contribution in [0.25, 0.3) is 11.0 Å². The lowest BCUT2D eigenvalue weighted by molar-refractivity contribution is 0.429. The summed E-state index contributed by atoms with van der Waals surface area (Å²) in [5.74, 6) is 1.99. The van der Waals surface area contributed by atoms with Gasteiger partial charge < -0.3 is 10.3 Å². The predicted octanol–water partition coefficient (Wildman–Crippen LogP) is 3.89. The number of nitrogens with two attached hydrogens (primary N) is 1. The second-order valence-corrected chi connectivity index (χ2v) is 6.88. The summed E-state index contributed by atoms with van der Waals surface area (Å²) in [5, 5.41) is 0. The maximum atomic E-state index is 5.89. The molecule has 2 aromatic rings. The number of hydrogen-bond donors (Lipinski definition) is 1. The van der Waals surface area contributed by atoms with Crippen LogP contribution in [0.5, 0.6) is 0 Å². The molecule has 0 spiro atoms. The quantitative estimate of drug-likeness (QED) is 0.829. The number of nitrogen functional groups attached to an aromatic ring is 1. The van der Waals surface area contributed by atoms with Crippen molar-refractivity contribution < 1.29 is 0 Å². The van der Waals surface area contributed by atoms with Crippen molar-refractivity contribution in [1.29, 1.82) is 0 Å². The molecule has 3 nitrogen and oxygen atoms in total. The molecule has 3 heteroatoms. The van der Waals surface area contributed by atoms with E-state index in [1.54, 1.807) is 0 Å². The van der Waals surface area contributed by atoms with Crippen molar-refractivity contribution in [2.24, 2.45) is 5.92 Å². The second-order valence-electron chi connectivity index (χ2n) is 6.88. The molecular formula is C16H23N3. The zero-order chi connectivity index (χ0) is 13.8. The highest BCUT2D eigenvalue weighted by molar-refractivity contribution is 5.80. The zero-order valence-electron chi connectivity index (χ0n) is 12.3. The standard InChI is InChI=1S/C16H23N3/c1-10(11-5-6-11)19-14-8-7-12(17)9-13(14)18-15(19)16(2,3)4/h7-11H,5-6,17H2,1-4H3. The Hall–Kier alpha value is -1.51. The van der Waals surface area contributed by atoms with Gasteiger partial charge in [0.25, 0.3) is 0 Å². The Kier molecular flexibility index (Phi) is 2.63. The number of hydrogen-bond acceptors (Lipinski definition) is 2. The number of benzene rings is 1. The van der Waals surface area contributed by atoms with Crippen LogP contribution in [0.1, 0.15) is 52.4 Å². The molecule has 3 rings (SSSR count). The molecular weight excluding hydrogens is 234 g/mol. The van der Waals surface area contributed by atoms with E-state index in [2.05, 4.69) is 38.3 Å². The van der Waals surface area contributed by atoms with Crippen LogP contribution in [0, 0.1) is 5.92 Å². The van der Waals surface area contributed by atoms with Crippen molar-refractivity contribution in [2.75, 3.05) is 5.73 Å². The molecule has 1 aromatic carbocycles. The number of aromatic nitrogens is 2. The van der Waals surface area contributed by atoms with Gasteiger partial charge in [-0.25, -0.2) is 4.98 Å². The van der Waals surface area contributed by atoms with Crippen molar-refractivity contribution in [3.63, 3.8) is 0 Å². The summed E-state index contributed by atoms with van der Waals surface area (Å²) in [6, 6.07) is 6.61. The minimum absolute atomic E-state index is 0.0525. The van der Waals surface area contributed by atoms with E-state index in [1.165, 1.54) is 24.2 Å². The van der Waals surface area contributed by atoms with Crippen LogP contribution in [0.4, 0.5) is 5.69 Å². The SMILES string of the molecule is CC(C1CC1)n1c(C(C)(C)C)nc2cc(N)ccc21. The molecule has 1 fully saturated rings. The van der Waals surface area contributed by atoms with Crippen molar-refractivity contribution >= 4 is 16.7 Å². The fourth-order valence-electron chi connectivity index (χ4n) is 2.85. The summed E-state index contributed by atoms with van der Waals surface area (Å²) >= 11 is 0. The lowest BCUT2D eigenvalue weighted by Crippen LogP contribution is -2.21. The van der Waals surface area contributed by atoms with Gasteiger partial charge in [-0.2, -0.15) is 0 Å². The fraction of sp³-hybridized carbons (Fsp3) is 0.562. The zero-order valence-corrected chi connectivity index (χ0v) is 12.3. The summed E-state index contributed by atoms with van der Waals surface area (Å²) in [6.07, 6.45) is 2.69. The van der Waals surface area contributed by atoms with Gasteiger partial charge in [0.2, 0.25) is 0 Å². The van der Waals surface area contributed by atoms with E-state index in [-0.39, 0.29) is 5.41 Å². The van der Waals surface area contributed by atoms with E-state index in [9.17, 15) is 0 Å². The first-order chi connectivity index (χ1) is 8.88. The number of rotatable bonds is 2. The summed E-state index contributed by atoms with van der Waals surface area (Å²) in [6.45, 7) is 9.01. The highest BCUT2D eigenvalue weighted by atomic mass is 15.1. The Morgan fingerprint density at radius 3 is 2.58 bits per heavy atom. The molecule has 2 N–H and O–H groups in total. The maximum Gasteiger partial charge on any atom is 0.115 e. The van der Waals surface area contributed by atoms with Gasteiger partial charge in [-0.1, -0.05) is 20.8 Å². The van der Waals surface area contributed by atoms with Gasteiger partial charge in [-0.15, -0.1) is 0 Å². The first-order valence-electron chi connectivity index (χ1n) is 7.16. The van der Waals surface area contributed by atoms with Gasteiger partial charge in [0, 0.05) is 17.1 Å². The molecule has 0 amide bonds. The first kappa shape index (κ1) is 12.5. The van der Waals surface area contributed by atoms with Crippen LogP contribution < -0.4 is 5.73 Å². The Bertz CT molecular complexity index is 615. The number of imidazole rings is 1. The molecule has 1 saturated carbocycles. The molecule has 1 heterocycles. The Balaban J connectivity index is 2.24. The van der Waals surface area contributed by atoms with Crippen LogP contribution in [0.15, 0.2) is 18.2 Å². The molecule has 102 valence electrons. The topological polar surface area (TPSA) is 43.8 Å². The molecule has 1 unspecified atom stereocenters. The van der Waals surface area contributed by atoms with Gasteiger partial charge in [0.05, 0.1) is 11.0 Å². The third kappa shape index (κ3) is 2.11. The summed E-state index contributed by atoms with van der Waals surface area (Å²) in [7, 11) is 0. The summed E-state index contributed by atoms with van der Waals surface area (Å²) in [4.78, 5) is 4.86. The highest BCUT2D eigenvalue weighted by Gasteiger charge is 2.33. The van der Waals surface area contributed by atoms with Crippen LogP contribution in [-0.2, 0) is 5.41 Å². The maximum absolute atomic E-state index is 5.89. The van der Waals surface area contributed by atoms with Gasteiger partial charge >= 0.3 is 0 Å². The largest absolute Gasteiger partial charge is 0.399 e. The first-order valence-corrected chi connectivity index (χ1v) is 7.16. The monoisotopic (exact) mass is 257 g/mol. The predicted molar refractivity (Wildman–Crippen MR) is 80.3 cm³/mol. The van der Waals surface area contributed by atoms with Crippen molar-refractivity contribution in [3.05, 3.63) is 24.0 Å².